The van der Waals surface area contributed by atoms with E-state index in [1.54, 1.807) is 0 Å². The Bertz CT molecular complexity index is 727. The minimum Gasteiger partial charge on any atom is -0.337 e. The van der Waals surface area contributed by atoms with Crippen LogP contribution >= 0.6 is 0 Å². The van der Waals surface area contributed by atoms with Gasteiger partial charge in [0.25, 0.3) is 0 Å². The number of aromatic nitrogens is 2. The zero-order chi connectivity index (χ0) is 13.5. The molecule has 2 bridgehead atoms. The molecule has 0 saturated heterocycles. The van der Waals surface area contributed by atoms with Gasteiger partial charge in [0.1, 0.15) is 11.9 Å². The van der Waals surface area contributed by atoms with E-state index in [2.05, 4.69) is 34.3 Å². The standard InChI is InChI=1S/C17H15N3/c18-10-14(9-13-8-11-5-6-12(13)7-11)17-19-15-3-1-2-4-16(15)20-17/h1-6,9,11-13H,7-8H2,(H,19,20)/b14-9-/t11-,12-,13+/m0/s1. The normalized spacial score (nSPS) is 28.1. The maximum atomic E-state index is 9.44. The molecular weight excluding hydrogens is 246 g/mol. The van der Waals surface area contributed by atoms with E-state index in [0.717, 1.165) is 17.0 Å². The number of nitrogens with one attached hydrogen (secondary N) is 1. The molecular formula is C17H15N3. The summed E-state index contributed by atoms with van der Waals surface area (Å²) in [6, 6.07) is 10.2. The first kappa shape index (κ1) is 11.5. The molecule has 2 aliphatic carbocycles. The van der Waals surface area contributed by atoms with Gasteiger partial charge in [-0.3, -0.25) is 0 Å². The molecule has 3 atom stereocenters. The van der Waals surface area contributed by atoms with Crippen molar-refractivity contribution in [3.63, 3.8) is 0 Å². The highest BCUT2D eigenvalue weighted by atomic mass is 14.9. The second kappa shape index (κ2) is 4.35. The summed E-state index contributed by atoms with van der Waals surface area (Å²) in [5.41, 5.74) is 2.57. The summed E-state index contributed by atoms with van der Waals surface area (Å²) >= 11 is 0. The Kier molecular flexibility index (Phi) is 2.50. The minimum absolute atomic E-state index is 0.493. The lowest BCUT2D eigenvalue weighted by atomic mass is 9.91. The Morgan fingerprint density at radius 2 is 2.20 bits per heavy atom. The third-order valence-corrected chi connectivity index (χ3v) is 4.48. The van der Waals surface area contributed by atoms with Crippen LogP contribution in [0.25, 0.3) is 16.6 Å². The van der Waals surface area contributed by atoms with Crippen LogP contribution in [-0.2, 0) is 0 Å². The average molecular weight is 261 g/mol. The number of fused-ring (bicyclic) bond motifs is 3. The molecule has 0 radical (unpaired) electrons. The van der Waals surface area contributed by atoms with E-state index in [4.69, 9.17) is 0 Å². The number of aromatic amines is 1. The van der Waals surface area contributed by atoms with Crippen LogP contribution in [0.3, 0.4) is 0 Å². The second-order valence-electron chi connectivity index (χ2n) is 5.74. The third kappa shape index (κ3) is 1.77. The van der Waals surface area contributed by atoms with Crippen molar-refractivity contribution >= 4 is 16.6 Å². The fourth-order valence-corrected chi connectivity index (χ4v) is 3.48. The lowest BCUT2D eigenvalue weighted by Crippen LogP contribution is -2.04. The molecule has 1 aromatic carbocycles. The predicted molar refractivity (Wildman–Crippen MR) is 78.5 cm³/mol. The topological polar surface area (TPSA) is 52.5 Å². The van der Waals surface area contributed by atoms with E-state index in [-0.39, 0.29) is 0 Å². The molecule has 20 heavy (non-hydrogen) atoms. The summed E-state index contributed by atoms with van der Waals surface area (Å²) < 4.78 is 0. The smallest absolute Gasteiger partial charge is 0.148 e. The van der Waals surface area contributed by atoms with Crippen molar-refractivity contribution in [2.75, 3.05) is 0 Å². The van der Waals surface area contributed by atoms with Gasteiger partial charge in [0.05, 0.1) is 16.6 Å². The summed E-state index contributed by atoms with van der Waals surface area (Å²) in [4.78, 5) is 7.77. The van der Waals surface area contributed by atoms with Gasteiger partial charge in [0.15, 0.2) is 0 Å². The summed E-state index contributed by atoms with van der Waals surface area (Å²) in [7, 11) is 0. The molecule has 3 nitrogen and oxygen atoms in total. The van der Waals surface area contributed by atoms with Gasteiger partial charge in [-0.15, -0.1) is 0 Å². The van der Waals surface area contributed by atoms with Gasteiger partial charge in [-0.05, 0) is 42.7 Å². The molecule has 1 fully saturated rings. The molecule has 1 aromatic heterocycles. The Hall–Kier alpha value is -2.34. The molecule has 0 spiro atoms. The Morgan fingerprint density at radius 1 is 1.30 bits per heavy atom. The number of hydrogen-bond donors (Lipinski definition) is 1. The fraction of sp³-hybridized carbons (Fsp3) is 0.294. The van der Waals surface area contributed by atoms with Crippen LogP contribution in [0.2, 0.25) is 0 Å². The van der Waals surface area contributed by atoms with Crippen molar-refractivity contribution in [3.05, 3.63) is 48.3 Å². The van der Waals surface area contributed by atoms with Crippen LogP contribution in [0.5, 0.6) is 0 Å². The first-order valence-electron chi connectivity index (χ1n) is 7.09. The Morgan fingerprint density at radius 3 is 2.90 bits per heavy atom. The van der Waals surface area contributed by atoms with Crippen LogP contribution in [0.4, 0.5) is 0 Å². The van der Waals surface area contributed by atoms with Crippen molar-refractivity contribution in [1.29, 1.82) is 5.26 Å². The highest BCUT2D eigenvalue weighted by Crippen LogP contribution is 2.44. The van der Waals surface area contributed by atoms with Crippen molar-refractivity contribution < 1.29 is 0 Å². The molecule has 0 unspecified atom stereocenters. The van der Waals surface area contributed by atoms with Gasteiger partial charge in [-0.25, -0.2) is 4.98 Å². The number of imidazole rings is 1. The number of benzene rings is 1. The van der Waals surface area contributed by atoms with Gasteiger partial charge in [0.2, 0.25) is 0 Å². The lowest BCUT2D eigenvalue weighted by Gasteiger charge is -2.13. The zero-order valence-corrected chi connectivity index (χ0v) is 11.1. The van der Waals surface area contributed by atoms with Crippen LogP contribution in [-0.4, -0.2) is 9.97 Å². The minimum atomic E-state index is 0.493. The molecule has 4 rings (SSSR count). The fourth-order valence-electron chi connectivity index (χ4n) is 3.48. The zero-order valence-electron chi connectivity index (χ0n) is 11.1. The molecule has 1 heterocycles. The largest absolute Gasteiger partial charge is 0.337 e. The summed E-state index contributed by atoms with van der Waals surface area (Å²) in [5.74, 6) is 2.53. The average Bonchev–Trinajstić information content (AvgIpc) is 3.18. The maximum absolute atomic E-state index is 9.44. The van der Waals surface area contributed by atoms with E-state index >= 15 is 0 Å². The number of H-pyrrole nitrogens is 1. The quantitative estimate of drug-likeness (QED) is 0.662. The molecule has 2 aromatic rings. The van der Waals surface area contributed by atoms with Gasteiger partial charge in [-0.2, -0.15) is 5.26 Å². The number of hydrogen-bond acceptors (Lipinski definition) is 2. The summed E-state index contributed by atoms with van der Waals surface area (Å²) in [6.45, 7) is 0. The van der Waals surface area contributed by atoms with Crippen molar-refractivity contribution in [1.82, 2.24) is 9.97 Å². The van der Waals surface area contributed by atoms with Crippen molar-refractivity contribution in [3.8, 4) is 6.07 Å². The van der Waals surface area contributed by atoms with Gasteiger partial charge >= 0.3 is 0 Å². The number of rotatable bonds is 2. The molecule has 2 aliphatic rings. The predicted octanol–water partition coefficient (Wildman–Crippen LogP) is 3.68. The van der Waals surface area contributed by atoms with E-state index in [0.29, 0.717) is 23.2 Å². The van der Waals surface area contributed by atoms with E-state index < -0.39 is 0 Å². The highest BCUT2D eigenvalue weighted by molar-refractivity contribution is 5.82. The SMILES string of the molecule is N#C/C(=C/[C@H]1C[C@H]2C=C[C@H]1C2)c1nc2ccccc2[nH]1. The van der Waals surface area contributed by atoms with Gasteiger partial charge in [0, 0.05) is 0 Å². The lowest BCUT2D eigenvalue weighted by molar-refractivity contribution is 0.551. The molecule has 1 N–H and O–H groups in total. The van der Waals surface area contributed by atoms with E-state index in [1.165, 1.54) is 12.8 Å². The summed E-state index contributed by atoms with van der Waals surface area (Å²) in [6.07, 6.45) is 9.17. The van der Waals surface area contributed by atoms with Crippen molar-refractivity contribution in [2.45, 2.75) is 12.8 Å². The van der Waals surface area contributed by atoms with Gasteiger partial charge < -0.3 is 4.98 Å². The number of nitriles is 1. The number of para-hydroxylation sites is 2. The molecule has 0 aliphatic heterocycles. The molecule has 3 heteroatoms. The van der Waals surface area contributed by atoms with E-state index in [1.807, 2.05) is 24.3 Å². The van der Waals surface area contributed by atoms with E-state index in [9.17, 15) is 5.26 Å². The molecule has 1 saturated carbocycles. The van der Waals surface area contributed by atoms with Gasteiger partial charge in [-0.1, -0.05) is 30.4 Å². The molecule has 98 valence electrons. The Labute approximate surface area is 117 Å². The third-order valence-electron chi connectivity index (χ3n) is 4.48. The first-order chi connectivity index (χ1) is 9.83. The highest BCUT2D eigenvalue weighted by Gasteiger charge is 2.34. The first-order valence-corrected chi connectivity index (χ1v) is 7.09. The second-order valence-corrected chi connectivity index (χ2v) is 5.74. The number of allylic oxidation sites excluding steroid dienone is 4. The monoisotopic (exact) mass is 261 g/mol. The molecule has 0 amide bonds. The maximum Gasteiger partial charge on any atom is 0.148 e. The number of nitrogens with zero attached hydrogens (tertiary/aromatic N) is 2. The summed E-state index contributed by atoms with van der Waals surface area (Å²) in [5, 5.41) is 9.44. The van der Waals surface area contributed by atoms with Crippen LogP contribution in [0.15, 0.2) is 42.5 Å². The Balaban J connectivity index is 1.71. The van der Waals surface area contributed by atoms with Crippen LogP contribution in [0, 0.1) is 29.1 Å². The van der Waals surface area contributed by atoms with Crippen LogP contribution in [0.1, 0.15) is 18.7 Å². The van der Waals surface area contributed by atoms with Crippen molar-refractivity contribution in [2.24, 2.45) is 17.8 Å². The van der Waals surface area contributed by atoms with Crippen LogP contribution < -0.4 is 0 Å².